The molecule has 3 heterocycles. The lowest BCUT2D eigenvalue weighted by Gasteiger charge is -2.53. The van der Waals surface area contributed by atoms with E-state index in [0.717, 1.165) is 31.9 Å². The van der Waals surface area contributed by atoms with Crippen LogP contribution < -0.4 is 9.64 Å². The number of rotatable bonds is 4. The van der Waals surface area contributed by atoms with E-state index in [0.29, 0.717) is 23.7 Å². The van der Waals surface area contributed by atoms with Crippen LogP contribution in [0.2, 0.25) is 0 Å². The fourth-order valence-electron chi connectivity index (χ4n) is 3.62. The Kier molecular flexibility index (Phi) is 4.17. The summed E-state index contributed by atoms with van der Waals surface area (Å²) in [5.41, 5.74) is 1.95. The number of piperidine rings is 1. The Morgan fingerprint density at radius 1 is 1.16 bits per heavy atom. The van der Waals surface area contributed by atoms with Crippen LogP contribution in [0.25, 0.3) is 0 Å². The molecule has 1 aromatic carbocycles. The summed E-state index contributed by atoms with van der Waals surface area (Å²) in [6, 6.07) is 6.58. The Bertz CT molecular complexity index is 821. The maximum Gasteiger partial charge on any atom is 0.243 e. The number of sulfonamides is 1. The topological polar surface area (TPSA) is 75.6 Å². The maximum absolute atomic E-state index is 12.8. The number of aromatic nitrogens is 2. The second kappa shape index (κ2) is 6.22. The monoisotopic (exact) mass is 380 g/mol. The van der Waals surface area contributed by atoms with Crippen molar-refractivity contribution in [3.63, 3.8) is 0 Å². The van der Waals surface area contributed by atoms with Crippen LogP contribution in [0, 0.1) is 5.41 Å². The summed E-state index contributed by atoms with van der Waals surface area (Å²) in [5, 5.41) is 0. The van der Waals surface area contributed by atoms with Gasteiger partial charge in [0.25, 0.3) is 0 Å². The first-order chi connectivity index (χ1) is 12.0. The van der Waals surface area contributed by atoms with Gasteiger partial charge in [-0.05, 0) is 48.6 Å². The molecule has 2 saturated heterocycles. The Labute approximate surface area is 151 Å². The third-order valence-electron chi connectivity index (χ3n) is 5.17. The van der Waals surface area contributed by atoms with E-state index < -0.39 is 10.0 Å². The Morgan fingerprint density at radius 3 is 2.40 bits per heavy atom. The summed E-state index contributed by atoms with van der Waals surface area (Å²) in [7, 11) is -1.87. The molecular formula is C16H20N4O3S2. The van der Waals surface area contributed by atoms with Gasteiger partial charge in [0.2, 0.25) is 16.0 Å². The second-order valence-electron chi connectivity index (χ2n) is 6.67. The van der Waals surface area contributed by atoms with Crippen molar-refractivity contribution in [2.24, 2.45) is 5.41 Å². The molecule has 2 fully saturated rings. The molecule has 0 amide bonds. The van der Waals surface area contributed by atoms with E-state index in [4.69, 9.17) is 4.74 Å². The number of anilines is 1. The number of benzene rings is 1. The van der Waals surface area contributed by atoms with Gasteiger partial charge in [0.15, 0.2) is 0 Å². The molecule has 2 aromatic rings. The zero-order valence-electron chi connectivity index (χ0n) is 14.0. The molecule has 0 atom stereocenters. The molecule has 2 aliphatic rings. The standard InChI is InChI=1S/C16H20N4O3S2/c1-23-13-2-4-14(5-3-13)25(21,22)20-8-6-16(7-9-20)10-19(11-16)15-17-12-24-18-15/h2-5,12H,6-11H2,1H3. The predicted octanol–water partition coefficient (Wildman–Crippen LogP) is 1.84. The predicted molar refractivity (Wildman–Crippen MR) is 95.5 cm³/mol. The van der Waals surface area contributed by atoms with Gasteiger partial charge in [-0.2, -0.15) is 8.68 Å². The first-order valence-electron chi connectivity index (χ1n) is 8.18. The highest BCUT2D eigenvalue weighted by molar-refractivity contribution is 7.89. The first kappa shape index (κ1) is 16.7. The highest BCUT2D eigenvalue weighted by Gasteiger charge is 2.47. The minimum absolute atomic E-state index is 0.206. The van der Waals surface area contributed by atoms with E-state index in [1.165, 1.54) is 11.5 Å². The molecule has 7 nitrogen and oxygen atoms in total. The molecular weight excluding hydrogens is 360 g/mol. The van der Waals surface area contributed by atoms with Crippen LogP contribution in [0.3, 0.4) is 0 Å². The van der Waals surface area contributed by atoms with Crippen LogP contribution in [0.15, 0.2) is 34.7 Å². The van der Waals surface area contributed by atoms with Crippen LogP contribution in [-0.2, 0) is 10.0 Å². The Hall–Kier alpha value is -1.71. The van der Waals surface area contributed by atoms with Gasteiger partial charge in [0.05, 0.1) is 12.0 Å². The van der Waals surface area contributed by atoms with Crippen LogP contribution >= 0.6 is 11.5 Å². The minimum atomic E-state index is -3.44. The van der Waals surface area contributed by atoms with Gasteiger partial charge in [-0.1, -0.05) is 0 Å². The van der Waals surface area contributed by atoms with Gasteiger partial charge >= 0.3 is 0 Å². The summed E-state index contributed by atoms with van der Waals surface area (Å²) >= 11 is 1.36. The largest absolute Gasteiger partial charge is 0.497 e. The minimum Gasteiger partial charge on any atom is -0.497 e. The molecule has 134 valence electrons. The first-order valence-corrected chi connectivity index (χ1v) is 10.5. The average Bonchev–Trinajstić information content (AvgIpc) is 3.14. The van der Waals surface area contributed by atoms with Crippen molar-refractivity contribution in [1.82, 2.24) is 13.7 Å². The van der Waals surface area contributed by atoms with E-state index >= 15 is 0 Å². The number of hydrogen-bond donors (Lipinski definition) is 0. The van der Waals surface area contributed by atoms with Crippen molar-refractivity contribution in [3.05, 3.63) is 29.8 Å². The number of methoxy groups -OCH3 is 1. The zero-order valence-corrected chi connectivity index (χ0v) is 15.6. The summed E-state index contributed by atoms with van der Waals surface area (Å²) < 4.78 is 36.6. The second-order valence-corrected chi connectivity index (χ2v) is 9.21. The van der Waals surface area contributed by atoms with Gasteiger partial charge in [-0.25, -0.2) is 13.4 Å². The van der Waals surface area contributed by atoms with Gasteiger partial charge in [0, 0.05) is 31.6 Å². The molecule has 1 spiro atoms. The van der Waals surface area contributed by atoms with Crippen molar-refractivity contribution in [2.45, 2.75) is 17.7 Å². The molecule has 9 heteroatoms. The molecule has 0 N–H and O–H groups in total. The van der Waals surface area contributed by atoms with Gasteiger partial charge in [-0.3, -0.25) is 0 Å². The normalized spacial score (nSPS) is 20.4. The van der Waals surface area contributed by atoms with Gasteiger partial charge < -0.3 is 9.64 Å². The molecule has 0 aliphatic carbocycles. The molecule has 25 heavy (non-hydrogen) atoms. The van der Waals surface area contributed by atoms with Crippen LogP contribution in [0.5, 0.6) is 5.75 Å². The van der Waals surface area contributed by atoms with Crippen molar-refractivity contribution in [3.8, 4) is 5.75 Å². The Balaban J connectivity index is 1.40. The van der Waals surface area contributed by atoms with Crippen molar-refractivity contribution < 1.29 is 13.2 Å². The fraction of sp³-hybridized carbons (Fsp3) is 0.500. The third-order valence-corrected chi connectivity index (χ3v) is 7.55. The number of ether oxygens (including phenoxy) is 1. The molecule has 0 unspecified atom stereocenters. The highest BCUT2D eigenvalue weighted by Crippen LogP contribution is 2.42. The van der Waals surface area contributed by atoms with E-state index in [1.807, 2.05) is 0 Å². The molecule has 1 aromatic heterocycles. The van der Waals surface area contributed by atoms with E-state index in [9.17, 15) is 8.42 Å². The zero-order chi connectivity index (χ0) is 17.5. The smallest absolute Gasteiger partial charge is 0.243 e. The fourth-order valence-corrected chi connectivity index (χ4v) is 5.51. The van der Waals surface area contributed by atoms with Crippen molar-refractivity contribution in [2.75, 3.05) is 38.2 Å². The summed E-state index contributed by atoms with van der Waals surface area (Å²) in [5.74, 6) is 1.45. The van der Waals surface area contributed by atoms with Crippen molar-refractivity contribution >= 4 is 27.5 Å². The molecule has 0 radical (unpaired) electrons. The third kappa shape index (κ3) is 3.00. The van der Waals surface area contributed by atoms with Gasteiger partial charge in [0.1, 0.15) is 11.3 Å². The quantitative estimate of drug-likeness (QED) is 0.806. The summed E-state index contributed by atoms with van der Waals surface area (Å²) in [4.78, 5) is 6.74. The number of hydrogen-bond acceptors (Lipinski definition) is 7. The molecule has 0 bridgehead atoms. The van der Waals surface area contributed by atoms with Crippen LogP contribution in [0.4, 0.5) is 5.95 Å². The highest BCUT2D eigenvalue weighted by atomic mass is 32.2. The molecule has 0 saturated carbocycles. The van der Waals surface area contributed by atoms with E-state index in [2.05, 4.69) is 14.3 Å². The Morgan fingerprint density at radius 2 is 1.84 bits per heavy atom. The van der Waals surface area contributed by atoms with E-state index in [-0.39, 0.29) is 5.41 Å². The van der Waals surface area contributed by atoms with Crippen LogP contribution in [-0.4, -0.2) is 55.4 Å². The van der Waals surface area contributed by atoms with E-state index in [1.54, 1.807) is 41.2 Å². The SMILES string of the molecule is COc1ccc(S(=O)(=O)N2CCC3(CC2)CN(c2ncsn2)C3)cc1. The summed E-state index contributed by atoms with van der Waals surface area (Å²) in [6.07, 6.45) is 1.76. The lowest BCUT2D eigenvalue weighted by Crippen LogP contribution is -2.61. The molecule has 4 rings (SSSR count). The maximum atomic E-state index is 12.8. The number of nitrogens with zero attached hydrogens (tertiary/aromatic N) is 4. The van der Waals surface area contributed by atoms with Crippen LogP contribution in [0.1, 0.15) is 12.8 Å². The summed E-state index contributed by atoms with van der Waals surface area (Å²) in [6.45, 7) is 2.96. The average molecular weight is 380 g/mol. The van der Waals surface area contributed by atoms with Gasteiger partial charge in [-0.15, -0.1) is 0 Å². The van der Waals surface area contributed by atoms with Crippen molar-refractivity contribution in [1.29, 1.82) is 0 Å². The lowest BCUT2D eigenvalue weighted by atomic mass is 9.72. The molecule has 2 aliphatic heterocycles. The lowest BCUT2D eigenvalue weighted by molar-refractivity contribution is 0.113.